The molecule has 2 fully saturated rings. The molecule has 5 rings (SSSR count). The summed E-state index contributed by atoms with van der Waals surface area (Å²) in [5.74, 6) is 0.102. The summed E-state index contributed by atoms with van der Waals surface area (Å²) >= 11 is 0. The molecule has 0 atom stereocenters. The Balaban J connectivity index is 0.000000174. The van der Waals surface area contributed by atoms with Gasteiger partial charge in [-0.2, -0.15) is 0 Å². The van der Waals surface area contributed by atoms with Crippen molar-refractivity contribution in [2.45, 2.75) is 31.8 Å². The Morgan fingerprint density at radius 2 is 1.84 bits per heavy atom. The average molecular weight is 438 g/mol. The maximum atomic E-state index is 11.4. The number of piperidine rings is 1. The van der Waals surface area contributed by atoms with Crippen molar-refractivity contribution in [1.82, 2.24) is 30.2 Å². The lowest BCUT2D eigenvalue weighted by Crippen LogP contribution is -2.50. The molecule has 0 spiro atoms. The number of H-pyrrole nitrogens is 1. The number of aromatic carboxylic acids is 1. The van der Waals surface area contributed by atoms with Crippen LogP contribution in [0.3, 0.4) is 0 Å². The van der Waals surface area contributed by atoms with Crippen LogP contribution in [0.4, 0.5) is 0 Å². The van der Waals surface area contributed by atoms with Crippen molar-refractivity contribution in [3.8, 4) is 5.88 Å². The van der Waals surface area contributed by atoms with Gasteiger partial charge in [0.25, 0.3) is 0 Å². The predicted molar refractivity (Wildman–Crippen MR) is 117 cm³/mol. The predicted octanol–water partition coefficient (Wildman–Crippen LogP) is 1.81. The van der Waals surface area contributed by atoms with Gasteiger partial charge in [-0.25, -0.2) is 14.8 Å². The fourth-order valence-corrected chi connectivity index (χ4v) is 3.73. The van der Waals surface area contributed by atoms with Crippen molar-refractivity contribution in [2.75, 3.05) is 26.2 Å². The molecule has 1 amide bonds. The number of aromatic nitrogens is 4. The molecule has 32 heavy (non-hydrogen) atoms. The number of hydrogen-bond acceptors (Lipinski definition) is 7. The van der Waals surface area contributed by atoms with E-state index in [1.807, 2.05) is 17.0 Å². The highest BCUT2D eigenvalue weighted by Gasteiger charge is 2.28. The number of nitrogens with zero attached hydrogens (tertiary/aromatic N) is 4. The molecule has 10 heteroatoms. The van der Waals surface area contributed by atoms with Gasteiger partial charge >= 0.3 is 5.97 Å². The summed E-state index contributed by atoms with van der Waals surface area (Å²) in [4.78, 5) is 39.1. The lowest BCUT2D eigenvalue weighted by atomic mass is 9.93. The van der Waals surface area contributed by atoms with Crippen molar-refractivity contribution in [3.05, 3.63) is 48.2 Å². The smallest absolute Gasteiger partial charge is 0.371 e. The number of ether oxygens (including phenoxy) is 1. The normalized spacial score (nSPS) is 16.7. The fourth-order valence-electron chi connectivity index (χ4n) is 3.73. The van der Waals surface area contributed by atoms with E-state index < -0.39 is 5.97 Å². The second-order valence-electron chi connectivity index (χ2n) is 7.83. The zero-order valence-electron chi connectivity index (χ0n) is 17.8. The third-order valence-corrected chi connectivity index (χ3v) is 5.63. The number of nitrogens with one attached hydrogen (secondary N) is 2. The summed E-state index contributed by atoms with van der Waals surface area (Å²) in [6, 6.07) is 7.19. The number of likely N-dealkylation sites (tertiary alicyclic amines) is 1. The number of imidazole rings is 1. The van der Waals surface area contributed by atoms with Crippen LogP contribution >= 0.6 is 0 Å². The Bertz CT molecular complexity index is 1060. The zero-order valence-corrected chi connectivity index (χ0v) is 17.8. The summed E-state index contributed by atoms with van der Waals surface area (Å²) in [6.45, 7) is 4.96. The minimum Gasteiger partial charge on any atom is -0.475 e. The molecular formula is C22H26N6O4. The SMILES string of the molecule is CC(=O)N1CCC(c2nccnc2OC2CNC2)CC1.O=C(O)c1nc2ccccc2[nH]1. The number of carbonyl (C=O) groups excluding carboxylic acids is 1. The van der Waals surface area contributed by atoms with E-state index in [-0.39, 0.29) is 17.8 Å². The van der Waals surface area contributed by atoms with Gasteiger partial charge in [0.05, 0.1) is 11.0 Å². The van der Waals surface area contributed by atoms with Gasteiger partial charge in [0, 0.05) is 51.4 Å². The molecular weight excluding hydrogens is 412 g/mol. The quantitative estimate of drug-likeness (QED) is 0.562. The first-order valence-corrected chi connectivity index (χ1v) is 10.6. The Kier molecular flexibility index (Phi) is 6.60. The molecule has 0 bridgehead atoms. The summed E-state index contributed by atoms with van der Waals surface area (Å²) in [6.07, 6.45) is 5.46. The van der Waals surface area contributed by atoms with Crippen LogP contribution in [-0.4, -0.2) is 74.1 Å². The van der Waals surface area contributed by atoms with Gasteiger partial charge in [-0.3, -0.25) is 9.78 Å². The van der Waals surface area contributed by atoms with Gasteiger partial charge in [-0.05, 0) is 25.0 Å². The maximum Gasteiger partial charge on any atom is 0.371 e. The third kappa shape index (κ3) is 5.02. The number of carbonyl (C=O) groups is 2. The van der Waals surface area contributed by atoms with Crippen LogP contribution < -0.4 is 10.1 Å². The summed E-state index contributed by atoms with van der Waals surface area (Å²) in [5, 5.41) is 11.8. The average Bonchev–Trinajstić information content (AvgIpc) is 3.22. The molecule has 2 aliphatic heterocycles. The summed E-state index contributed by atoms with van der Waals surface area (Å²) in [5.41, 5.74) is 2.37. The molecule has 1 aromatic carbocycles. The molecule has 0 aliphatic carbocycles. The highest BCUT2D eigenvalue weighted by atomic mass is 16.5. The van der Waals surface area contributed by atoms with Crippen LogP contribution in [0.2, 0.25) is 0 Å². The first-order chi connectivity index (χ1) is 15.5. The van der Waals surface area contributed by atoms with E-state index in [1.165, 1.54) is 0 Å². The Morgan fingerprint density at radius 3 is 2.47 bits per heavy atom. The second-order valence-corrected chi connectivity index (χ2v) is 7.83. The molecule has 0 unspecified atom stereocenters. The molecule has 0 radical (unpaired) electrons. The lowest BCUT2D eigenvalue weighted by molar-refractivity contribution is -0.129. The van der Waals surface area contributed by atoms with Gasteiger partial charge in [0.2, 0.25) is 17.6 Å². The van der Waals surface area contributed by atoms with Crippen molar-refractivity contribution < 1.29 is 19.4 Å². The topological polar surface area (TPSA) is 133 Å². The van der Waals surface area contributed by atoms with Crippen LogP contribution in [0.15, 0.2) is 36.7 Å². The highest BCUT2D eigenvalue weighted by molar-refractivity contribution is 5.88. The largest absolute Gasteiger partial charge is 0.475 e. The lowest BCUT2D eigenvalue weighted by Gasteiger charge is -2.32. The minimum atomic E-state index is -1.04. The van der Waals surface area contributed by atoms with Gasteiger partial charge in [-0.1, -0.05) is 12.1 Å². The molecule has 3 N–H and O–H groups in total. The highest BCUT2D eigenvalue weighted by Crippen LogP contribution is 2.31. The van der Waals surface area contributed by atoms with E-state index >= 15 is 0 Å². The van der Waals surface area contributed by atoms with Gasteiger partial charge < -0.3 is 25.0 Å². The monoisotopic (exact) mass is 438 g/mol. The van der Waals surface area contributed by atoms with E-state index in [9.17, 15) is 9.59 Å². The van der Waals surface area contributed by atoms with Crippen molar-refractivity contribution in [1.29, 1.82) is 0 Å². The zero-order chi connectivity index (χ0) is 22.5. The van der Waals surface area contributed by atoms with Crippen LogP contribution in [0.25, 0.3) is 11.0 Å². The number of benzene rings is 1. The first-order valence-electron chi connectivity index (χ1n) is 10.6. The number of carboxylic acids is 1. The van der Waals surface area contributed by atoms with E-state index in [4.69, 9.17) is 9.84 Å². The number of rotatable bonds is 4. The Labute approximate surface area is 185 Å². The summed E-state index contributed by atoms with van der Waals surface area (Å²) in [7, 11) is 0. The Hall–Kier alpha value is -3.53. The fraction of sp³-hybridized carbons (Fsp3) is 0.409. The molecule has 2 aliphatic rings. The van der Waals surface area contributed by atoms with Gasteiger partial charge in [0.15, 0.2) is 0 Å². The van der Waals surface area contributed by atoms with E-state index in [0.29, 0.717) is 17.3 Å². The van der Waals surface area contributed by atoms with E-state index in [1.54, 1.807) is 31.5 Å². The molecule has 2 aromatic heterocycles. The van der Waals surface area contributed by atoms with Crippen LogP contribution in [0.5, 0.6) is 5.88 Å². The third-order valence-electron chi connectivity index (χ3n) is 5.63. The molecule has 4 heterocycles. The number of carboxylic acid groups (broad SMARTS) is 1. The number of aromatic amines is 1. The molecule has 10 nitrogen and oxygen atoms in total. The van der Waals surface area contributed by atoms with Crippen molar-refractivity contribution >= 4 is 22.9 Å². The molecule has 3 aromatic rings. The standard InChI is InChI=1S/C14H20N4O2.C8H6N2O2/c1-10(19)18-6-2-11(3-7-18)13-14(17-5-4-16-13)20-12-8-15-9-12;11-8(12)7-9-5-3-1-2-4-6(5)10-7/h4-5,11-12,15H,2-3,6-9H2,1H3;1-4H,(H,9,10)(H,11,12). The van der Waals surface area contributed by atoms with Crippen LogP contribution in [0, 0.1) is 0 Å². The van der Waals surface area contributed by atoms with Crippen LogP contribution in [-0.2, 0) is 4.79 Å². The van der Waals surface area contributed by atoms with Crippen molar-refractivity contribution in [2.24, 2.45) is 0 Å². The van der Waals surface area contributed by atoms with Crippen LogP contribution in [0.1, 0.15) is 42.0 Å². The van der Waals surface area contributed by atoms with Crippen molar-refractivity contribution in [3.63, 3.8) is 0 Å². The van der Waals surface area contributed by atoms with E-state index in [2.05, 4.69) is 25.3 Å². The first kappa shape index (κ1) is 21.7. The molecule has 168 valence electrons. The number of hydrogen-bond donors (Lipinski definition) is 3. The van der Waals surface area contributed by atoms with Gasteiger partial charge in [0.1, 0.15) is 11.8 Å². The molecule has 2 saturated heterocycles. The minimum absolute atomic E-state index is 0.0174. The number of para-hydroxylation sites is 2. The number of fused-ring (bicyclic) bond motifs is 1. The van der Waals surface area contributed by atoms with E-state index in [0.717, 1.165) is 50.2 Å². The summed E-state index contributed by atoms with van der Waals surface area (Å²) < 4.78 is 5.89. The number of amides is 1. The van der Waals surface area contributed by atoms with Gasteiger partial charge in [-0.15, -0.1) is 0 Å². The maximum absolute atomic E-state index is 11.4. The Morgan fingerprint density at radius 1 is 1.12 bits per heavy atom. The second kappa shape index (κ2) is 9.73. The molecule has 0 saturated carbocycles.